The Morgan fingerprint density at radius 3 is 2.44 bits per heavy atom. The third kappa shape index (κ3) is 6.20. The lowest BCUT2D eigenvalue weighted by Crippen LogP contribution is -2.25. The molecule has 0 radical (unpaired) electrons. The smallest absolute Gasteiger partial charge is 0.00174 e. The molecule has 0 amide bonds. The van der Waals surface area contributed by atoms with Crippen molar-refractivity contribution in [2.75, 3.05) is 13.1 Å². The van der Waals surface area contributed by atoms with Gasteiger partial charge in [0.15, 0.2) is 0 Å². The first-order chi connectivity index (χ1) is 8.76. The molecule has 102 valence electrons. The molecular formula is C17H29N. The van der Waals surface area contributed by atoms with Gasteiger partial charge in [0, 0.05) is 0 Å². The molecule has 2 unspecified atom stereocenters. The van der Waals surface area contributed by atoms with Gasteiger partial charge >= 0.3 is 0 Å². The molecule has 0 aliphatic carbocycles. The van der Waals surface area contributed by atoms with E-state index >= 15 is 0 Å². The van der Waals surface area contributed by atoms with Crippen molar-refractivity contribution >= 4 is 0 Å². The SMILES string of the molecule is CCCC(C)CC(CNCC)Cc1ccccc1. The summed E-state index contributed by atoms with van der Waals surface area (Å²) in [6.07, 6.45) is 5.22. The average Bonchev–Trinajstić information content (AvgIpc) is 2.37. The highest BCUT2D eigenvalue weighted by Gasteiger charge is 2.13. The van der Waals surface area contributed by atoms with E-state index in [9.17, 15) is 0 Å². The van der Waals surface area contributed by atoms with Crippen LogP contribution >= 0.6 is 0 Å². The fourth-order valence-corrected chi connectivity index (χ4v) is 2.71. The maximum Gasteiger partial charge on any atom is -0.00174 e. The maximum absolute atomic E-state index is 3.52. The van der Waals surface area contributed by atoms with Crippen molar-refractivity contribution < 1.29 is 0 Å². The Labute approximate surface area is 113 Å². The van der Waals surface area contributed by atoms with E-state index < -0.39 is 0 Å². The van der Waals surface area contributed by atoms with Crippen LogP contribution in [0.25, 0.3) is 0 Å². The highest BCUT2D eigenvalue weighted by Crippen LogP contribution is 2.20. The van der Waals surface area contributed by atoms with Crippen LogP contribution in [0, 0.1) is 11.8 Å². The van der Waals surface area contributed by atoms with Gasteiger partial charge in [0.25, 0.3) is 0 Å². The van der Waals surface area contributed by atoms with Crippen LogP contribution in [0.2, 0.25) is 0 Å². The van der Waals surface area contributed by atoms with E-state index in [1.165, 1.54) is 31.2 Å². The minimum atomic E-state index is 0.772. The molecule has 18 heavy (non-hydrogen) atoms. The van der Waals surface area contributed by atoms with Crippen LogP contribution in [0.15, 0.2) is 30.3 Å². The molecule has 1 aromatic rings. The first kappa shape index (κ1) is 15.2. The molecule has 1 rings (SSSR count). The van der Waals surface area contributed by atoms with Crippen molar-refractivity contribution in [3.05, 3.63) is 35.9 Å². The van der Waals surface area contributed by atoms with E-state index in [0.717, 1.165) is 24.9 Å². The molecule has 0 aromatic heterocycles. The summed E-state index contributed by atoms with van der Waals surface area (Å²) in [6, 6.07) is 10.9. The molecule has 0 saturated heterocycles. The van der Waals surface area contributed by atoms with E-state index in [-0.39, 0.29) is 0 Å². The summed E-state index contributed by atoms with van der Waals surface area (Å²) in [7, 11) is 0. The Morgan fingerprint density at radius 1 is 1.11 bits per heavy atom. The molecule has 0 aliphatic rings. The third-order valence-corrected chi connectivity index (χ3v) is 3.57. The van der Waals surface area contributed by atoms with Gasteiger partial charge in [0.05, 0.1) is 0 Å². The van der Waals surface area contributed by atoms with E-state index in [0.29, 0.717) is 0 Å². The van der Waals surface area contributed by atoms with Gasteiger partial charge in [-0.05, 0) is 43.3 Å². The first-order valence-electron chi connectivity index (χ1n) is 7.50. The Balaban J connectivity index is 2.49. The quantitative estimate of drug-likeness (QED) is 0.687. The number of nitrogens with one attached hydrogen (secondary N) is 1. The Kier molecular flexibility index (Phi) is 7.75. The summed E-state index contributed by atoms with van der Waals surface area (Å²) in [6.45, 7) is 9.10. The van der Waals surface area contributed by atoms with Crippen molar-refractivity contribution in [2.24, 2.45) is 11.8 Å². The van der Waals surface area contributed by atoms with Crippen LogP contribution in [0.5, 0.6) is 0 Å². The molecule has 1 aromatic carbocycles. The maximum atomic E-state index is 3.52. The van der Waals surface area contributed by atoms with Crippen LogP contribution in [0.4, 0.5) is 0 Å². The molecular weight excluding hydrogens is 218 g/mol. The highest BCUT2D eigenvalue weighted by atomic mass is 14.8. The topological polar surface area (TPSA) is 12.0 Å². The van der Waals surface area contributed by atoms with E-state index in [1.54, 1.807) is 0 Å². The molecule has 0 saturated carbocycles. The second-order valence-electron chi connectivity index (χ2n) is 5.49. The molecule has 1 heteroatoms. The summed E-state index contributed by atoms with van der Waals surface area (Å²) >= 11 is 0. The van der Waals surface area contributed by atoms with Gasteiger partial charge in [-0.1, -0.05) is 63.9 Å². The fraction of sp³-hybridized carbons (Fsp3) is 0.647. The number of hydrogen-bond acceptors (Lipinski definition) is 1. The van der Waals surface area contributed by atoms with E-state index in [1.807, 2.05) is 0 Å². The summed E-state index contributed by atoms with van der Waals surface area (Å²) < 4.78 is 0. The van der Waals surface area contributed by atoms with Crippen LogP contribution in [-0.2, 0) is 6.42 Å². The second kappa shape index (κ2) is 9.16. The molecule has 1 nitrogen and oxygen atoms in total. The lowest BCUT2D eigenvalue weighted by molar-refractivity contribution is 0.356. The van der Waals surface area contributed by atoms with Crippen LogP contribution < -0.4 is 5.32 Å². The van der Waals surface area contributed by atoms with Gasteiger partial charge in [0.2, 0.25) is 0 Å². The molecule has 0 fully saturated rings. The van der Waals surface area contributed by atoms with Gasteiger partial charge < -0.3 is 5.32 Å². The van der Waals surface area contributed by atoms with E-state index in [4.69, 9.17) is 0 Å². The molecule has 0 bridgehead atoms. The van der Waals surface area contributed by atoms with Crippen molar-refractivity contribution in [3.8, 4) is 0 Å². The van der Waals surface area contributed by atoms with Crippen LogP contribution in [0.3, 0.4) is 0 Å². The zero-order valence-electron chi connectivity index (χ0n) is 12.3. The Hall–Kier alpha value is -0.820. The number of hydrogen-bond donors (Lipinski definition) is 1. The van der Waals surface area contributed by atoms with Crippen molar-refractivity contribution in [1.82, 2.24) is 5.32 Å². The van der Waals surface area contributed by atoms with Gasteiger partial charge in [-0.3, -0.25) is 0 Å². The molecule has 1 N–H and O–H groups in total. The van der Waals surface area contributed by atoms with Gasteiger partial charge in [-0.2, -0.15) is 0 Å². The first-order valence-corrected chi connectivity index (χ1v) is 7.50. The van der Waals surface area contributed by atoms with Gasteiger partial charge in [-0.25, -0.2) is 0 Å². The van der Waals surface area contributed by atoms with Gasteiger partial charge in [-0.15, -0.1) is 0 Å². The highest BCUT2D eigenvalue weighted by molar-refractivity contribution is 5.15. The lowest BCUT2D eigenvalue weighted by atomic mass is 9.88. The molecule has 0 heterocycles. The van der Waals surface area contributed by atoms with Crippen molar-refractivity contribution in [2.45, 2.75) is 46.5 Å². The molecule has 0 spiro atoms. The summed E-state index contributed by atoms with van der Waals surface area (Å²) in [5.41, 5.74) is 1.48. The molecule has 2 atom stereocenters. The lowest BCUT2D eigenvalue weighted by Gasteiger charge is -2.21. The predicted molar refractivity (Wildman–Crippen MR) is 80.9 cm³/mol. The standard InChI is InChI=1S/C17H29N/c1-4-9-15(3)12-17(14-18-5-2)13-16-10-7-6-8-11-16/h6-8,10-11,15,17-18H,4-5,9,12-14H2,1-3H3. The fourth-order valence-electron chi connectivity index (χ4n) is 2.71. The monoisotopic (exact) mass is 247 g/mol. The normalized spacial score (nSPS) is 14.4. The minimum Gasteiger partial charge on any atom is -0.317 e. The summed E-state index contributed by atoms with van der Waals surface area (Å²) in [4.78, 5) is 0. The average molecular weight is 247 g/mol. The van der Waals surface area contributed by atoms with Crippen LogP contribution in [-0.4, -0.2) is 13.1 Å². The van der Waals surface area contributed by atoms with Gasteiger partial charge in [0.1, 0.15) is 0 Å². The second-order valence-corrected chi connectivity index (χ2v) is 5.49. The zero-order chi connectivity index (χ0) is 13.2. The predicted octanol–water partition coefficient (Wildman–Crippen LogP) is 4.28. The number of benzene rings is 1. The number of rotatable bonds is 9. The minimum absolute atomic E-state index is 0.772. The summed E-state index contributed by atoms with van der Waals surface area (Å²) in [5.74, 6) is 1.62. The zero-order valence-corrected chi connectivity index (χ0v) is 12.3. The largest absolute Gasteiger partial charge is 0.317 e. The van der Waals surface area contributed by atoms with Crippen LogP contribution in [0.1, 0.15) is 45.6 Å². The summed E-state index contributed by atoms with van der Waals surface area (Å²) in [5, 5.41) is 3.52. The third-order valence-electron chi connectivity index (χ3n) is 3.57. The van der Waals surface area contributed by atoms with E-state index in [2.05, 4.69) is 56.4 Å². The Morgan fingerprint density at radius 2 is 1.83 bits per heavy atom. The Bertz CT molecular complexity index is 294. The van der Waals surface area contributed by atoms with Crippen molar-refractivity contribution in [3.63, 3.8) is 0 Å². The van der Waals surface area contributed by atoms with Crippen molar-refractivity contribution in [1.29, 1.82) is 0 Å². The molecule has 0 aliphatic heterocycles.